The Balaban J connectivity index is 3.06. The molecule has 0 aliphatic rings. The fourth-order valence-corrected chi connectivity index (χ4v) is 3.89. The van der Waals surface area contributed by atoms with Gasteiger partial charge in [-0.15, -0.1) is 11.3 Å². The van der Waals surface area contributed by atoms with E-state index < -0.39 is 21.5 Å². The number of carbonyl (C=O) groups is 1. The molecule has 1 aromatic rings. The molecule has 1 atom stereocenters. The van der Waals surface area contributed by atoms with Gasteiger partial charge < -0.3 is 5.11 Å². The van der Waals surface area contributed by atoms with E-state index in [9.17, 15) is 13.2 Å². The molecule has 1 heterocycles. The maximum Gasteiger partial charge on any atom is 0.324 e. The van der Waals surface area contributed by atoms with Crippen LogP contribution < -0.4 is 4.72 Å². The second-order valence-corrected chi connectivity index (χ2v) is 7.16. The molecule has 1 aromatic heterocycles. The van der Waals surface area contributed by atoms with Crippen LogP contribution in [0.2, 0.25) is 0 Å². The molecule has 0 aromatic carbocycles. The van der Waals surface area contributed by atoms with Gasteiger partial charge >= 0.3 is 5.97 Å². The Hall–Kier alpha value is -0.920. The van der Waals surface area contributed by atoms with E-state index in [-0.39, 0.29) is 10.6 Å². The first kappa shape index (κ1) is 14.1. The smallest absolute Gasteiger partial charge is 0.324 e. The fraction of sp³-hybridized carbons (Fsp3) is 0.500. The largest absolute Gasteiger partial charge is 0.480 e. The first-order valence-electron chi connectivity index (χ1n) is 5.05. The summed E-state index contributed by atoms with van der Waals surface area (Å²) in [6.45, 7) is 4.77. The summed E-state index contributed by atoms with van der Waals surface area (Å²) in [5.41, 5.74) is -1.48. The quantitative estimate of drug-likeness (QED) is 0.856. The van der Waals surface area contributed by atoms with E-state index in [0.717, 1.165) is 16.2 Å². The molecule has 0 spiro atoms. The van der Waals surface area contributed by atoms with E-state index in [1.807, 2.05) is 0 Å². The standard InChI is InChI=1S/C10H15NO4S2/c1-4-10(3,9(12)13)11-17(14,15)8-6-5-7(2)16-8/h5-6,11H,4H2,1-3H3,(H,12,13). The van der Waals surface area contributed by atoms with Crippen molar-refractivity contribution in [3.8, 4) is 0 Å². The third-order valence-corrected chi connectivity index (χ3v) is 5.61. The SMILES string of the molecule is CCC(C)(NS(=O)(=O)c1ccc(C)s1)C(=O)O. The fourth-order valence-electron chi connectivity index (χ4n) is 1.17. The van der Waals surface area contributed by atoms with Crippen LogP contribution in [0, 0.1) is 6.92 Å². The minimum atomic E-state index is -3.77. The molecule has 0 fully saturated rings. The van der Waals surface area contributed by atoms with Crippen LogP contribution in [0.25, 0.3) is 0 Å². The number of hydrogen-bond donors (Lipinski definition) is 2. The Morgan fingerprint density at radius 2 is 2.12 bits per heavy atom. The molecule has 0 aliphatic carbocycles. The molecule has 1 rings (SSSR count). The van der Waals surface area contributed by atoms with E-state index in [1.54, 1.807) is 19.9 Å². The average molecular weight is 277 g/mol. The molecule has 0 bridgehead atoms. The summed E-state index contributed by atoms with van der Waals surface area (Å²) < 4.78 is 26.3. The van der Waals surface area contributed by atoms with Gasteiger partial charge in [0.15, 0.2) is 0 Å². The number of carboxylic acids is 1. The van der Waals surface area contributed by atoms with Crippen LogP contribution in [0.3, 0.4) is 0 Å². The number of aliphatic carboxylic acids is 1. The van der Waals surface area contributed by atoms with Crippen molar-refractivity contribution < 1.29 is 18.3 Å². The maximum absolute atomic E-state index is 12.0. The molecule has 7 heteroatoms. The first-order valence-corrected chi connectivity index (χ1v) is 7.35. The van der Waals surface area contributed by atoms with Crippen LogP contribution in [-0.2, 0) is 14.8 Å². The second-order valence-electron chi connectivity index (χ2n) is 3.96. The lowest BCUT2D eigenvalue weighted by molar-refractivity contribution is -0.143. The molecule has 96 valence electrons. The first-order chi connectivity index (χ1) is 7.71. The summed E-state index contributed by atoms with van der Waals surface area (Å²) in [7, 11) is -3.77. The lowest BCUT2D eigenvalue weighted by Gasteiger charge is -2.23. The van der Waals surface area contributed by atoms with Gasteiger partial charge in [-0.2, -0.15) is 4.72 Å². The molecule has 0 amide bonds. The van der Waals surface area contributed by atoms with Crippen molar-refractivity contribution in [2.75, 3.05) is 0 Å². The summed E-state index contributed by atoms with van der Waals surface area (Å²) in [6, 6.07) is 3.16. The molecule has 0 saturated heterocycles. The van der Waals surface area contributed by atoms with E-state index >= 15 is 0 Å². The third kappa shape index (κ3) is 3.05. The van der Waals surface area contributed by atoms with Crippen molar-refractivity contribution in [2.24, 2.45) is 0 Å². The van der Waals surface area contributed by atoms with Gasteiger partial charge in [-0.1, -0.05) is 6.92 Å². The summed E-state index contributed by atoms with van der Waals surface area (Å²) in [5, 5.41) is 9.02. The van der Waals surface area contributed by atoms with Crippen LogP contribution in [0.15, 0.2) is 16.3 Å². The van der Waals surface area contributed by atoms with Gasteiger partial charge in [0.2, 0.25) is 0 Å². The predicted molar refractivity (Wildman–Crippen MR) is 65.7 cm³/mol. The van der Waals surface area contributed by atoms with Crippen molar-refractivity contribution in [3.05, 3.63) is 17.0 Å². The highest BCUT2D eigenvalue weighted by atomic mass is 32.2. The predicted octanol–water partition coefficient (Wildman–Crippen LogP) is 1.59. The third-order valence-electron chi connectivity index (χ3n) is 2.52. The second kappa shape index (κ2) is 4.75. The van der Waals surface area contributed by atoms with Gasteiger partial charge in [-0.3, -0.25) is 4.79 Å². The monoisotopic (exact) mass is 277 g/mol. The molecule has 0 aliphatic heterocycles. The number of hydrogen-bond acceptors (Lipinski definition) is 4. The van der Waals surface area contributed by atoms with Crippen LogP contribution in [0.5, 0.6) is 0 Å². The molecular weight excluding hydrogens is 262 g/mol. The Labute approximate surface area is 105 Å². The van der Waals surface area contributed by atoms with Crippen molar-refractivity contribution >= 4 is 27.3 Å². The zero-order chi connectivity index (χ0) is 13.3. The minimum absolute atomic E-state index is 0.135. The molecule has 1 unspecified atom stereocenters. The van der Waals surface area contributed by atoms with E-state index in [4.69, 9.17) is 5.11 Å². The van der Waals surface area contributed by atoms with Gasteiger partial charge in [0, 0.05) is 4.88 Å². The number of nitrogens with one attached hydrogen (secondary N) is 1. The highest BCUT2D eigenvalue weighted by Gasteiger charge is 2.36. The minimum Gasteiger partial charge on any atom is -0.480 e. The molecule has 2 N–H and O–H groups in total. The van der Waals surface area contributed by atoms with Crippen molar-refractivity contribution in [1.29, 1.82) is 0 Å². The Morgan fingerprint density at radius 3 is 2.47 bits per heavy atom. The number of carboxylic acid groups (broad SMARTS) is 1. The lowest BCUT2D eigenvalue weighted by atomic mass is 10.0. The molecule has 5 nitrogen and oxygen atoms in total. The number of sulfonamides is 1. The Morgan fingerprint density at radius 1 is 1.53 bits per heavy atom. The van der Waals surface area contributed by atoms with Crippen LogP contribution >= 0.6 is 11.3 Å². The topological polar surface area (TPSA) is 83.5 Å². The van der Waals surface area contributed by atoms with Gasteiger partial charge in [-0.05, 0) is 32.4 Å². The Bertz CT molecular complexity index is 520. The van der Waals surface area contributed by atoms with Crippen LogP contribution in [0.1, 0.15) is 25.1 Å². The van der Waals surface area contributed by atoms with Crippen molar-refractivity contribution in [2.45, 2.75) is 36.9 Å². The number of rotatable bonds is 5. The van der Waals surface area contributed by atoms with Gasteiger partial charge in [0.05, 0.1) is 0 Å². The average Bonchev–Trinajstić information content (AvgIpc) is 2.64. The summed E-state index contributed by atoms with van der Waals surface area (Å²) >= 11 is 1.11. The van der Waals surface area contributed by atoms with E-state index in [1.165, 1.54) is 13.0 Å². The lowest BCUT2D eigenvalue weighted by Crippen LogP contribution is -2.51. The molecule has 17 heavy (non-hydrogen) atoms. The summed E-state index contributed by atoms with van der Waals surface area (Å²) in [5.74, 6) is -1.18. The zero-order valence-electron chi connectivity index (χ0n) is 9.85. The van der Waals surface area contributed by atoms with Crippen LogP contribution in [0.4, 0.5) is 0 Å². The van der Waals surface area contributed by atoms with E-state index in [0.29, 0.717) is 0 Å². The van der Waals surface area contributed by atoms with Gasteiger partial charge in [-0.25, -0.2) is 8.42 Å². The summed E-state index contributed by atoms with van der Waals surface area (Å²) in [4.78, 5) is 11.9. The summed E-state index contributed by atoms with van der Waals surface area (Å²) in [6.07, 6.45) is 0.173. The van der Waals surface area contributed by atoms with E-state index in [2.05, 4.69) is 4.72 Å². The molecular formula is C10H15NO4S2. The highest BCUT2D eigenvalue weighted by Crippen LogP contribution is 2.23. The maximum atomic E-state index is 12.0. The van der Waals surface area contributed by atoms with Crippen molar-refractivity contribution in [1.82, 2.24) is 4.72 Å². The van der Waals surface area contributed by atoms with Crippen molar-refractivity contribution in [3.63, 3.8) is 0 Å². The van der Waals surface area contributed by atoms with Gasteiger partial charge in [0.25, 0.3) is 10.0 Å². The number of aryl methyl sites for hydroxylation is 1. The molecule has 0 saturated carbocycles. The zero-order valence-corrected chi connectivity index (χ0v) is 11.5. The van der Waals surface area contributed by atoms with Gasteiger partial charge in [0.1, 0.15) is 9.75 Å². The molecule has 0 radical (unpaired) electrons. The Kier molecular flexibility index (Phi) is 3.95. The highest BCUT2D eigenvalue weighted by molar-refractivity contribution is 7.91. The van der Waals surface area contributed by atoms with Crippen LogP contribution in [-0.4, -0.2) is 25.0 Å². The normalized spacial score (nSPS) is 15.5. The number of thiophene rings is 1.